The van der Waals surface area contributed by atoms with Crippen molar-refractivity contribution < 1.29 is 18.0 Å². The molecule has 2 aromatic rings. The predicted molar refractivity (Wildman–Crippen MR) is 137 cm³/mol. The van der Waals surface area contributed by atoms with E-state index in [1.807, 2.05) is 37.8 Å². The molecule has 0 spiro atoms. The number of sulfonamides is 1. The molecule has 0 unspecified atom stereocenters. The first-order valence-electron chi connectivity index (χ1n) is 11.7. The molecule has 9 heteroatoms. The number of amides is 2. The van der Waals surface area contributed by atoms with Gasteiger partial charge in [0, 0.05) is 44.7 Å². The van der Waals surface area contributed by atoms with Crippen molar-refractivity contribution in [3.8, 4) is 0 Å². The summed E-state index contributed by atoms with van der Waals surface area (Å²) >= 11 is 0. The Kier molecular flexibility index (Phi) is 10.1. The summed E-state index contributed by atoms with van der Waals surface area (Å²) in [6.45, 7) is 11.7. The molecule has 0 bridgehead atoms. The van der Waals surface area contributed by atoms with E-state index in [1.54, 1.807) is 38.1 Å². The highest BCUT2D eigenvalue weighted by Crippen LogP contribution is 2.30. The number of benzene rings is 2. The zero-order valence-corrected chi connectivity index (χ0v) is 21.5. The summed E-state index contributed by atoms with van der Waals surface area (Å²) in [5, 5.41) is 5.63. The van der Waals surface area contributed by atoms with Crippen LogP contribution in [0.4, 0.5) is 11.4 Å². The summed E-state index contributed by atoms with van der Waals surface area (Å²) in [6, 6.07) is 12.1. The molecule has 2 rings (SSSR count). The quantitative estimate of drug-likeness (QED) is 0.475. The first-order chi connectivity index (χ1) is 16.2. The molecule has 2 amide bonds. The van der Waals surface area contributed by atoms with Crippen LogP contribution >= 0.6 is 0 Å². The Bertz CT molecular complexity index is 1090. The standard InChI is InChI=1S/C25H36N4O4S/c1-6-28(7-2)23-15-14-20(34(32,33)29(8-3)9-4)18-22(23)27-24(30)16-17-26-25(31)21-13-11-10-12-19(21)5/h10-15,18H,6-9,16-17H2,1-5H3,(H,26,31)(H,27,30). The molecule has 0 heterocycles. The Morgan fingerprint density at radius 2 is 1.56 bits per heavy atom. The number of carbonyl (C=O) groups excluding carboxylic acids is 2. The summed E-state index contributed by atoms with van der Waals surface area (Å²) in [5.74, 6) is -0.544. The number of nitrogens with one attached hydrogen (secondary N) is 2. The third kappa shape index (κ3) is 6.57. The van der Waals surface area contributed by atoms with Crippen LogP contribution < -0.4 is 15.5 Å². The number of hydrogen-bond acceptors (Lipinski definition) is 5. The summed E-state index contributed by atoms with van der Waals surface area (Å²) in [5.41, 5.74) is 2.62. The molecule has 34 heavy (non-hydrogen) atoms. The third-order valence-electron chi connectivity index (χ3n) is 5.72. The van der Waals surface area contributed by atoms with Gasteiger partial charge in [-0.05, 0) is 50.6 Å². The van der Waals surface area contributed by atoms with Gasteiger partial charge in [-0.15, -0.1) is 0 Å². The van der Waals surface area contributed by atoms with Gasteiger partial charge < -0.3 is 15.5 Å². The maximum Gasteiger partial charge on any atom is 0.251 e. The van der Waals surface area contributed by atoms with Crippen LogP contribution in [0.2, 0.25) is 0 Å². The molecule has 186 valence electrons. The summed E-state index contributed by atoms with van der Waals surface area (Å²) in [7, 11) is -3.67. The molecule has 0 saturated heterocycles. The van der Waals surface area contributed by atoms with Gasteiger partial charge in [-0.25, -0.2) is 8.42 Å². The van der Waals surface area contributed by atoms with E-state index >= 15 is 0 Å². The maximum absolute atomic E-state index is 13.0. The van der Waals surface area contributed by atoms with Crippen molar-refractivity contribution in [2.75, 3.05) is 42.9 Å². The van der Waals surface area contributed by atoms with Crippen LogP contribution in [0.25, 0.3) is 0 Å². The van der Waals surface area contributed by atoms with Gasteiger partial charge in [-0.2, -0.15) is 4.31 Å². The van der Waals surface area contributed by atoms with E-state index in [0.717, 1.165) is 11.3 Å². The topological polar surface area (TPSA) is 98.8 Å². The lowest BCUT2D eigenvalue weighted by Crippen LogP contribution is -2.31. The molecule has 0 aliphatic carbocycles. The average molecular weight is 489 g/mol. The molecule has 0 atom stereocenters. The molecule has 0 aliphatic heterocycles. The van der Waals surface area contributed by atoms with Gasteiger partial charge in [0.1, 0.15) is 0 Å². The Balaban J connectivity index is 2.20. The van der Waals surface area contributed by atoms with Crippen LogP contribution in [0.1, 0.15) is 50.0 Å². The molecule has 0 radical (unpaired) electrons. The highest BCUT2D eigenvalue weighted by Gasteiger charge is 2.24. The fraction of sp³-hybridized carbons (Fsp3) is 0.440. The molecule has 0 aromatic heterocycles. The van der Waals surface area contributed by atoms with Gasteiger partial charge >= 0.3 is 0 Å². The minimum atomic E-state index is -3.67. The Labute approximate surface area is 203 Å². The van der Waals surface area contributed by atoms with Gasteiger partial charge in [-0.1, -0.05) is 32.0 Å². The largest absolute Gasteiger partial charge is 0.370 e. The van der Waals surface area contributed by atoms with E-state index in [0.29, 0.717) is 37.4 Å². The Hall–Kier alpha value is -2.91. The molecular weight excluding hydrogens is 452 g/mol. The summed E-state index contributed by atoms with van der Waals surface area (Å²) < 4.78 is 27.4. The first-order valence-corrected chi connectivity index (χ1v) is 13.2. The van der Waals surface area contributed by atoms with Crippen molar-refractivity contribution in [2.45, 2.75) is 45.9 Å². The lowest BCUT2D eigenvalue weighted by molar-refractivity contribution is -0.116. The molecule has 8 nitrogen and oxygen atoms in total. The van der Waals surface area contributed by atoms with Crippen molar-refractivity contribution in [1.29, 1.82) is 0 Å². The second kappa shape index (κ2) is 12.5. The van der Waals surface area contributed by atoms with Gasteiger partial charge in [0.05, 0.1) is 16.3 Å². The zero-order valence-electron chi connectivity index (χ0n) is 20.7. The van der Waals surface area contributed by atoms with E-state index in [4.69, 9.17) is 0 Å². The van der Waals surface area contributed by atoms with Crippen LogP contribution in [0.5, 0.6) is 0 Å². The SMILES string of the molecule is CCN(CC)c1ccc(S(=O)(=O)N(CC)CC)cc1NC(=O)CCNC(=O)c1ccccc1C. The monoisotopic (exact) mass is 488 g/mol. The minimum absolute atomic E-state index is 0.0579. The van der Waals surface area contributed by atoms with Crippen LogP contribution in [0.15, 0.2) is 47.4 Å². The Morgan fingerprint density at radius 3 is 2.15 bits per heavy atom. The normalized spacial score (nSPS) is 11.4. The number of carbonyl (C=O) groups is 2. The second-order valence-corrected chi connectivity index (χ2v) is 9.75. The third-order valence-corrected chi connectivity index (χ3v) is 7.76. The average Bonchev–Trinajstić information content (AvgIpc) is 2.81. The smallest absolute Gasteiger partial charge is 0.251 e. The van der Waals surface area contributed by atoms with Gasteiger partial charge in [0.2, 0.25) is 15.9 Å². The lowest BCUT2D eigenvalue weighted by Gasteiger charge is -2.26. The lowest BCUT2D eigenvalue weighted by atomic mass is 10.1. The van der Waals surface area contributed by atoms with Crippen LogP contribution in [-0.4, -0.2) is 57.3 Å². The van der Waals surface area contributed by atoms with Gasteiger partial charge in [0.25, 0.3) is 5.91 Å². The zero-order chi connectivity index (χ0) is 25.3. The highest BCUT2D eigenvalue weighted by molar-refractivity contribution is 7.89. The van der Waals surface area contributed by atoms with Crippen molar-refractivity contribution in [3.63, 3.8) is 0 Å². The number of aryl methyl sites for hydroxylation is 1. The first kappa shape index (κ1) is 27.3. The molecule has 2 aromatic carbocycles. The van der Waals surface area contributed by atoms with Crippen molar-refractivity contribution in [2.24, 2.45) is 0 Å². The minimum Gasteiger partial charge on any atom is -0.370 e. The molecule has 0 saturated carbocycles. The predicted octanol–water partition coefficient (Wildman–Crippen LogP) is 3.63. The van der Waals surface area contributed by atoms with E-state index in [-0.39, 0.29) is 29.7 Å². The number of rotatable bonds is 12. The van der Waals surface area contributed by atoms with E-state index in [1.165, 1.54) is 10.4 Å². The maximum atomic E-state index is 13.0. The number of anilines is 2. The van der Waals surface area contributed by atoms with E-state index < -0.39 is 10.0 Å². The second-order valence-electron chi connectivity index (χ2n) is 7.81. The molecular formula is C25H36N4O4S. The van der Waals surface area contributed by atoms with Crippen molar-refractivity contribution in [3.05, 3.63) is 53.6 Å². The van der Waals surface area contributed by atoms with Crippen LogP contribution in [0, 0.1) is 6.92 Å². The summed E-state index contributed by atoms with van der Waals surface area (Å²) in [6.07, 6.45) is 0.0579. The fourth-order valence-electron chi connectivity index (χ4n) is 3.75. The van der Waals surface area contributed by atoms with Crippen LogP contribution in [0.3, 0.4) is 0 Å². The van der Waals surface area contributed by atoms with Gasteiger partial charge in [-0.3, -0.25) is 9.59 Å². The molecule has 2 N–H and O–H groups in total. The molecule has 0 aliphatic rings. The Morgan fingerprint density at radius 1 is 0.912 bits per heavy atom. The fourth-order valence-corrected chi connectivity index (χ4v) is 5.24. The summed E-state index contributed by atoms with van der Waals surface area (Å²) in [4.78, 5) is 27.3. The molecule has 0 fully saturated rings. The number of nitrogens with zero attached hydrogens (tertiary/aromatic N) is 2. The van der Waals surface area contributed by atoms with Crippen LogP contribution in [-0.2, 0) is 14.8 Å². The van der Waals surface area contributed by atoms with Crippen molar-refractivity contribution >= 4 is 33.2 Å². The van der Waals surface area contributed by atoms with Gasteiger partial charge in [0.15, 0.2) is 0 Å². The van der Waals surface area contributed by atoms with E-state index in [9.17, 15) is 18.0 Å². The number of hydrogen-bond donors (Lipinski definition) is 2. The highest BCUT2D eigenvalue weighted by atomic mass is 32.2. The van der Waals surface area contributed by atoms with Crippen molar-refractivity contribution in [1.82, 2.24) is 9.62 Å². The van der Waals surface area contributed by atoms with E-state index in [2.05, 4.69) is 10.6 Å².